The molecule has 0 radical (unpaired) electrons. The molecule has 2 atom stereocenters. The molecule has 0 aromatic carbocycles. The summed E-state index contributed by atoms with van der Waals surface area (Å²) >= 11 is 0. The molecule has 0 aliphatic carbocycles. The van der Waals surface area contributed by atoms with Gasteiger partial charge in [0, 0.05) is 24.8 Å². The van der Waals surface area contributed by atoms with Gasteiger partial charge in [-0.05, 0) is 18.9 Å². The van der Waals surface area contributed by atoms with Crippen LogP contribution < -0.4 is 5.73 Å². The number of likely N-dealkylation sites (tertiary alicyclic amines) is 1. The number of carbonyl (C=O) groups excluding carboxylic acids is 1. The average Bonchev–Trinajstić information content (AvgIpc) is 2.98. The molecular weight excluding hydrogens is 287 g/mol. The molecule has 116 valence electrons. The zero-order valence-corrected chi connectivity index (χ0v) is 11.2. The number of hydrogen-bond donors (Lipinski definition) is 2. The van der Waals surface area contributed by atoms with Gasteiger partial charge in [0.25, 0.3) is 0 Å². The van der Waals surface area contributed by atoms with Gasteiger partial charge >= 0.3 is 6.18 Å². The first-order valence-corrected chi connectivity index (χ1v) is 6.56. The van der Waals surface area contributed by atoms with Gasteiger partial charge in [0.05, 0.1) is 0 Å². The van der Waals surface area contributed by atoms with Crippen molar-refractivity contribution in [1.29, 1.82) is 0 Å². The SMILES string of the molecule is NC(C(=O)N1CCCC1)C(O)c1ccc(C(F)(F)F)nc1. The van der Waals surface area contributed by atoms with Crippen LogP contribution in [0.2, 0.25) is 0 Å². The van der Waals surface area contributed by atoms with Crippen molar-refractivity contribution < 1.29 is 23.1 Å². The molecule has 0 bridgehead atoms. The van der Waals surface area contributed by atoms with E-state index in [-0.39, 0.29) is 5.56 Å². The molecule has 0 spiro atoms. The highest BCUT2D eigenvalue weighted by Gasteiger charge is 2.33. The summed E-state index contributed by atoms with van der Waals surface area (Å²) in [6.45, 7) is 1.18. The van der Waals surface area contributed by atoms with Crippen molar-refractivity contribution in [3.8, 4) is 0 Å². The minimum absolute atomic E-state index is 0.0862. The van der Waals surface area contributed by atoms with Gasteiger partial charge in [-0.1, -0.05) is 6.07 Å². The highest BCUT2D eigenvalue weighted by Crippen LogP contribution is 2.28. The number of nitrogens with two attached hydrogens (primary N) is 1. The number of amides is 1. The Kier molecular flexibility index (Phi) is 4.48. The molecule has 0 saturated carbocycles. The maximum absolute atomic E-state index is 12.4. The number of alkyl halides is 3. The molecule has 3 N–H and O–H groups in total. The van der Waals surface area contributed by atoms with E-state index in [2.05, 4.69) is 4.98 Å². The van der Waals surface area contributed by atoms with Crippen LogP contribution in [0.15, 0.2) is 18.3 Å². The molecule has 21 heavy (non-hydrogen) atoms. The van der Waals surface area contributed by atoms with E-state index in [1.165, 1.54) is 0 Å². The van der Waals surface area contributed by atoms with Gasteiger partial charge in [0.15, 0.2) is 0 Å². The van der Waals surface area contributed by atoms with E-state index in [1.54, 1.807) is 4.90 Å². The van der Waals surface area contributed by atoms with Crippen molar-refractivity contribution in [2.45, 2.75) is 31.2 Å². The van der Waals surface area contributed by atoms with Gasteiger partial charge in [-0.3, -0.25) is 9.78 Å². The first-order chi connectivity index (χ1) is 9.80. The van der Waals surface area contributed by atoms with Crippen molar-refractivity contribution in [3.05, 3.63) is 29.6 Å². The lowest BCUT2D eigenvalue weighted by molar-refractivity contribution is -0.141. The molecule has 2 heterocycles. The van der Waals surface area contributed by atoms with E-state index in [0.717, 1.165) is 31.2 Å². The molecule has 2 unspecified atom stereocenters. The summed E-state index contributed by atoms with van der Waals surface area (Å²) in [5.41, 5.74) is 4.73. The van der Waals surface area contributed by atoms with Gasteiger partial charge in [-0.25, -0.2) is 0 Å². The number of halogens is 3. The van der Waals surface area contributed by atoms with E-state index in [9.17, 15) is 23.1 Å². The molecule has 2 rings (SSSR count). The number of pyridine rings is 1. The van der Waals surface area contributed by atoms with E-state index >= 15 is 0 Å². The Hall–Kier alpha value is -1.67. The third-order valence-electron chi connectivity index (χ3n) is 3.46. The van der Waals surface area contributed by atoms with Crippen LogP contribution in [0.1, 0.15) is 30.2 Å². The Labute approximate surface area is 119 Å². The Morgan fingerprint density at radius 3 is 2.43 bits per heavy atom. The molecule has 1 aliphatic rings. The van der Waals surface area contributed by atoms with Gasteiger partial charge < -0.3 is 15.7 Å². The van der Waals surface area contributed by atoms with Crippen LogP contribution in [0.5, 0.6) is 0 Å². The monoisotopic (exact) mass is 303 g/mol. The van der Waals surface area contributed by atoms with Crippen LogP contribution in [-0.4, -0.2) is 40.0 Å². The fourth-order valence-corrected chi connectivity index (χ4v) is 2.24. The minimum Gasteiger partial charge on any atom is -0.386 e. The number of aliphatic hydroxyl groups is 1. The summed E-state index contributed by atoms with van der Waals surface area (Å²) in [6.07, 6.45) is -3.26. The number of rotatable bonds is 3. The maximum atomic E-state index is 12.4. The summed E-state index contributed by atoms with van der Waals surface area (Å²) in [7, 11) is 0. The van der Waals surface area contributed by atoms with Crippen LogP contribution in [0.3, 0.4) is 0 Å². The van der Waals surface area contributed by atoms with Crippen LogP contribution >= 0.6 is 0 Å². The smallest absolute Gasteiger partial charge is 0.386 e. The summed E-state index contributed by atoms with van der Waals surface area (Å²) in [5, 5.41) is 10.0. The van der Waals surface area contributed by atoms with Crippen LogP contribution in [0.25, 0.3) is 0 Å². The normalized spacial score (nSPS) is 18.6. The van der Waals surface area contributed by atoms with Gasteiger partial charge in [-0.2, -0.15) is 13.2 Å². The van der Waals surface area contributed by atoms with E-state index in [0.29, 0.717) is 13.1 Å². The lowest BCUT2D eigenvalue weighted by Crippen LogP contribution is -2.45. The first kappa shape index (κ1) is 15.7. The van der Waals surface area contributed by atoms with E-state index < -0.39 is 29.9 Å². The molecular formula is C13H16F3N3O2. The molecule has 8 heteroatoms. The highest BCUT2D eigenvalue weighted by atomic mass is 19.4. The third kappa shape index (κ3) is 3.51. The largest absolute Gasteiger partial charge is 0.433 e. The minimum atomic E-state index is -4.54. The molecule has 1 aromatic heterocycles. The predicted molar refractivity (Wildman–Crippen MR) is 68.0 cm³/mol. The maximum Gasteiger partial charge on any atom is 0.433 e. The number of carbonyl (C=O) groups is 1. The fraction of sp³-hybridized carbons (Fsp3) is 0.538. The van der Waals surface area contributed by atoms with Crippen LogP contribution in [0.4, 0.5) is 13.2 Å². The number of hydrogen-bond acceptors (Lipinski definition) is 4. The molecule has 5 nitrogen and oxygen atoms in total. The Bertz CT molecular complexity index is 498. The topological polar surface area (TPSA) is 79.5 Å². The number of aliphatic hydroxyl groups excluding tert-OH is 1. The third-order valence-corrected chi connectivity index (χ3v) is 3.46. The summed E-state index contributed by atoms with van der Waals surface area (Å²) in [4.78, 5) is 16.8. The molecule has 1 aromatic rings. The molecule has 1 fully saturated rings. The van der Waals surface area contributed by atoms with Crippen molar-refractivity contribution in [3.63, 3.8) is 0 Å². The van der Waals surface area contributed by atoms with Crippen molar-refractivity contribution in [1.82, 2.24) is 9.88 Å². The molecule has 1 saturated heterocycles. The number of nitrogens with zero attached hydrogens (tertiary/aromatic N) is 2. The summed E-state index contributed by atoms with van der Waals surface area (Å²) in [5.74, 6) is -0.403. The second-order valence-electron chi connectivity index (χ2n) is 4.98. The lowest BCUT2D eigenvalue weighted by atomic mass is 10.0. The predicted octanol–water partition coefficient (Wildman–Crippen LogP) is 1.08. The highest BCUT2D eigenvalue weighted by molar-refractivity contribution is 5.82. The van der Waals surface area contributed by atoms with Crippen LogP contribution in [0, 0.1) is 0 Å². The fourth-order valence-electron chi connectivity index (χ4n) is 2.24. The molecule has 1 aliphatic heterocycles. The summed E-state index contributed by atoms with van der Waals surface area (Å²) < 4.78 is 37.2. The zero-order valence-electron chi connectivity index (χ0n) is 11.2. The first-order valence-electron chi connectivity index (χ1n) is 6.56. The van der Waals surface area contributed by atoms with Crippen molar-refractivity contribution >= 4 is 5.91 Å². The second kappa shape index (κ2) is 5.98. The standard InChI is InChI=1S/C13H16F3N3O2/c14-13(15,16)9-4-3-8(7-18-9)11(20)10(17)12(21)19-5-1-2-6-19/h3-4,7,10-11,20H,1-2,5-6,17H2. The lowest BCUT2D eigenvalue weighted by Gasteiger charge is -2.24. The van der Waals surface area contributed by atoms with Gasteiger partial charge in [-0.15, -0.1) is 0 Å². The van der Waals surface area contributed by atoms with Crippen molar-refractivity contribution in [2.75, 3.05) is 13.1 Å². The Balaban J connectivity index is 2.08. The van der Waals surface area contributed by atoms with Gasteiger partial charge in [0.1, 0.15) is 17.8 Å². The Morgan fingerprint density at radius 2 is 1.95 bits per heavy atom. The van der Waals surface area contributed by atoms with E-state index in [1.807, 2.05) is 0 Å². The summed E-state index contributed by atoms with van der Waals surface area (Å²) in [6, 6.07) is 0.630. The van der Waals surface area contributed by atoms with Crippen molar-refractivity contribution in [2.24, 2.45) is 5.73 Å². The number of aromatic nitrogens is 1. The Morgan fingerprint density at radius 1 is 1.33 bits per heavy atom. The zero-order chi connectivity index (χ0) is 15.6. The van der Waals surface area contributed by atoms with E-state index in [4.69, 9.17) is 5.73 Å². The van der Waals surface area contributed by atoms with Crippen LogP contribution in [-0.2, 0) is 11.0 Å². The average molecular weight is 303 g/mol. The molecule has 1 amide bonds. The quantitative estimate of drug-likeness (QED) is 0.876. The second-order valence-corrected chi connectivity index (χ2v) is 4.98. The van der Waals surface area contributed by atoms with Gasteiger partial charge in [0.2, 0.25) is 5.91 Å².